The molecule has 27 heavy (non-hydrogen) atoms. The maximum absolute atomic E-state index is 5.48. The highest BCUT2D eigenvalue weighted by Crippen LogP contribution is 2.33. The molecule has 0 bridgehead atoms. The summed E-state index contributed by atoms with van der Waals surface area (Å²) in [4.78, 5) is 16.0. The van der Waals surface area contributed by atoms with E-state index in [2.05, 4.69) is 56.7 Å². The first-order valence-corrected chi connectivity index (χ1v) is 9.69. The summed E-state index contributed by atoms with van der Waals surface area (Å²) in [5.41, 5.74) is 1.26. The second-order valence-corrected chi connectivity index (χ2v) is 6.86. The van der Waals surface area contributed by atoms with Crippen molar-refractivity contribution in [3.05, 3.63) is 36.2 Å². The Kier molecular flexibility index (Phi) is 5.29. The molecular weight excluding hydrogens is 342 g/mol. The van der Waals surface area contributed by atoms with E-state index in [9.17, 15) is 0 Å². The van der Waals surface area contributed by atoms with Crippen molar-refractivity contribution >= 4 is 11.6 Å². The van der Waals surface area contributed by atoms with E-state index in [4.69, 9.17) is 9.47 Å². The predicted molar refractivity (Wildman–Crippen MR) is 106 cm³/mol. The molecule has 7 heteroatoms. The highest BCUT2D eigenvalue weighted by Gasteiger charge is 2.20. The van der Waals surface area contributed by atoms with Gasteiger partial charge in [0.2, 0.25) is 6.79 Å². The molecule has 144 valence electrons. The highest BCUT2D eigenvalue weighted by molar-refractivity contribution is 5.50. The van der Waals surface area contributed by atoms with Crippen molar-refractivity contribution in [1.29, 1.82) is 0 Å². The molecule has 2 aromatic rings. The molecule has 0 amide bonds. The number of aromatic nitrogens is 2. The van der Waals surface area contributed by atoms with Crippen molar-refractivity contribution in [3.63, 3.8) is 0 Å². The van der Waals surface area contributed by atoms with Crippen LogP contribution in [-0.2, 0) is 6.54 Å². The van der Waals surface area contributed by atoms with Crippen LogP contribution in [0.5, 0.6) is 11.5 Å². The van der Waals surface area contributed by atoms with Crippen molar-refractivity contribution in [1.82, 2.24) is 14.9 Å². The monoisotopic (exact) mass is 369 g/mol. The van der Waals surface area contributed by atoms with Gasteiger partial charge in [-0.25, -0.2) is 9.97 Å². The number of ether oxygens (including phenoxy) is 2. The van der Waals surface area contributed by atoms with E-state index in [1.165, 1.54) is 5.56 Å². The van der Waals surface area contributed by atoms with Crippen LogP contribution in [0.2, 0.25) is 0 Å². The molecule has 3 heterocycles. The smallest absolute Gasteiger partial charge is 0.231 e. The molecule has 0 unspecified atom stereocenters. The Morgan fingerprint density at radius 2 is 1.74 bits per heavy atom. The average Bonchev–Trinajstić information content (AvgIpc) is 3.18. The molecule has 1 aromatic carbocycles. The van der Waals surface area contributed by atoms with Crippen LogP contribution in [-0.4, -0.2) is 60.9 Å². The lowest BCUT2D eigenvalue weighted by Gasteiger charge is -2.35. The Morgan fingerprint density at radius 3 is 2.52 bits per heavy atom. The lowest BCUT2D eigenvalue weighted by molar-refractivity contribution is 0.174. The van der Waals surface area contributed by atoms with E-state index in [-0.39, 0.29) is 0 Å². The molecule has 0 radical (unpaired) electrons. The van der Waals surface area contributed by atoms with Crippen LogP contribution >= 0.6 is 0 Å². The number of fused-ring (bicyclic) bond motifs is 1. The van der Waals surface area contributed by atoms with Gasteiger partial charge in [0.25, 0.3) is 0 Å². The van der Waals surface area contributed by atoms with Gasteiger partial charge in [-0.05, 0) is 31.5 Å². The molecule has 7 nitrogen and oxygen atoms in total. The van der Waals surface area contributed by atoms with Gasteiger partial charge in [0, 0.05) is 51.9 Å². The summed E-state index contributed by atoms with van der Waals surface area (Å²) in [6.45, 7) is 11.4. The van der Waals surface area contributed by atoms with Crippen molar-refractivity contribution < 1.29 is 9.47 Å². The first-order valence-electron chi connectivity index (χ1n) is 9.69. The normalized spacial score (nSPS) is 16.6. The minimum atomic E-state index is 0.325. The van der Waals surface area contributed by atoms with Gasteiger partial charge in [-0.3, -0.25) is 4.90 Å². The molecule has 1 fully saturated rings. The van der Waals surface area contributed by atoms with Crippen LogP contribution < -0.4 is 19.3 Å². The Labute approximate surface area is 160 Å². The van der Waals surface area contributed by atoms with Crippen LogP contribution in [0, 0.1) is 0 Å². The molecule has 2 aliphatic rings. The summed E-state index contributed by atoms with van der Waals surface area (Å²) < 4.78 is 10.9. The third-order valence-corrected chi connectivity index (χ3v) is 5.27. The second kappa shape index (κ2) is 8.00. The SMILES string of the molecule is CCN(CC)c1cc(N2CCN(Cc3ccc4c(c3)OCO4)CC2)ncn1. The number of anilines is 2. The highest BCUT2D eigenvalue weighted by atomic mass is 16.7. The summed E-state index contributed by atoms with van der Waals surface area (Å²) in [6, 6.07) is 8.33. The zero-order valence-corrected chi connectivity index (χ0v) is 16.1. The number of nitrogens with zero attached hydrogens (tertiary/aromatic N) is 5. The van der Waals surface area contributed by atoms with E-state index in [0.717, 1.165) is 68.9 Å². The zero-order valence-electron chi connectivity index (χ0n) is 16.1. The van der Waals surface area contributed by atoms with Gasteiger partial charge in [0.05, 0.1) is 0 Å². The number of hydrogen-bond acceptors (Lipinski definition) is 7. The third-order valence-electron chi connectivity index (χ3n) is 5.27. The lowest BCUT2D eigenvalue weighted by Crippen LogP contribution is -2.46. The number of piperazine rings is 1. The summed E-state index contributed by atoms with van der Waals surface area (Å²) in [5, 5.41) is 0. The molecule has 0 atom stereocenters. The fourth-order valence-electron chi connectivity index (χ4n) is 3.66. The summed E-state index contributed by atoms with van der Waals surface area (Å²) in [5.74, 6) is 3.73. The number of hydrogen-bond donors (Lipinski definition) is 0. The minimum absolute atomic E-state index is 0.325. The second-order valence-electron chi connectivity index (χ2n) is 6.86. The van der Waals surface area contributed by atoms with Crippen molar-refractivity contribution in [3.8, 4) is 11.5 Å². The third kappa shape index (κ3) is 3.93. The first-order chi connectivity index (χ1) is 13.3. The molecular formula is C20H27N5O2. The van der Waals surface area contributed by atoms with Crippen LogP contribution in [0.25, 0.3) is 0 Å². The van der Waals surface area contributed by atoms with Crippen molar-refractivity contribution in [2.75, 3.05) is 55.9 Å². The van der Waals surface area contributed by atoms with E-state index in [0.29, 0.717) is 6.79 Å². The standard InChI is InChI=1S/C20H27N5O2/c1-3-24(4-2)19-12-20(22-14-21-19)25-9-7-23(8-10-25)13-16-5-6-17-18(11-16)27-15-26-17/h5-6,11-12,14H,3-4,7-10,13,15H2,1-2H3. The van der Waals surface area contributed by atoms with Crippen molar-refractivity contribution in [2.24, 2.45) is 0 Å². The number of benzene rings is 1. The van der Waals surface area contributed by atoms with Crippen LogP contribution in [0.15, 0.2) is 30.6 Å². The fraction of sp³-hybridized carbons (Fsp3) is 0.500. The van der Waals surface area contributed by atoms with Gasteiger partial charge in [0.15, 0.2) is 11.5 Å². The van der Waals surface area contributed by atoms with Gasteiger partial charge in [-0.15, -0.1) is 0 Å². The Bertz CT molecular complexity index is 773. The van der Waals surface area contributed by atoms with Gasteiger partial charge < -0.3 is 19.3 Å². The van der Waals surface area contributed by atoms with Gasteiger partial charge in [-0.1, -0.05) is 6.07 Å². The topological polar surface area (TPSA) is 54.0 Å². The van der Waals surface area contributed by atoms with Crippen LogP contribution in [0.3, 0.4) is 0 Å². The van der Waals surface area contributed by atoms with Gasteiger partial charge in [0.1, 0.15) is 18.0 Å². The Balaban J connectivity index is 1.36. The molecule has 4 rings (SSSR count). The zero-order chi connectivity index (χ0) is 18.6. The van der Waals surface area contributed by atoms with Gasteiger partial charge in [-0.2, -0.15) is 0 Å². The molecule has 0 spiro atoms. The Hall–Kier alpha value is -2.54. The van der Waals surface area contributed by atoms with Crippen LogP contribution in [0.4, 0.5) is 11.6 Å². The number of rotatable bonds is 6. The van der Waals surface area contributed by atoms with E-state index in [1.54, 1.807) is 6.33 Å². The van der Waals surface area contributed by atoms with Crippen molar-refractivity contribution in [2.45, 2.75) is 20.4 Å². The van der Waals surface area contributed by atoms with Crippen LogP contribution in [0.1, 0.15) is 19.4 Å². The maximum Gasteiger partial charge on any atom is 0.231 e. The summed E-state index contributed by atoms with van der Waals surface area (Å²) in [6.07, 6.45) is 1.68. The molecule has 2 aliphatic heterocycles. The predicted octanol–water partition coefficient (Wildman–Crippen LogP) is 2.37. The Morgan fingerprint density at radius 1 is 0.963 bits per heavy atom. The summed E-state index contributed by atoms with van der Waals surface area (Å²) >= 11 is 0. The lowest BCUT2D eigenvalue weighted by atomic mass is 10.1. The molecule has 1 aromatic heterocycles. The van der Waals surface area contributed by atoms with E-state index >= 15 is 0 Å². The maximum atomic E-state index is 5.48. The largest absolute Gasteiger partial charge is 0.454 e. The van der Waals surface area contributed by atoms with E-state index < -0.39 is 0 Å². The minimum Gasteiger partial charge on any atom is -0.454 e. The summed E-state index contributed by atoms with van der Waals surface area (Å²) in [7, 11) is 0. The molecule has 0 aliphatic carbocycles. The average molecular weight is 369 g/mol. The first kappa shape index (κ1) is 17.9. The molecule has 0 N–H and O–H groups in total. The fourth-order valence-corrected chi connectivity index (χ4v) is 3.66. The van der Waals surface area contributed by atoms with E-state index in [1.807, 2.05) is 6.07 Å². The molecule has 0 saturated carbocycles. The molecule has 1 saturated heterocycles. The van der Waals surface area contributed by atoms with Gasteiger partial charge >= 0.3 is 0 Å². The quantitative estimate of drug-likeness (QED) is 0.775.